The van der Waals surface area contributed by atoms with Gasteiger partial charge in [-0.15, -0.1) is 11.3 Å². The van der Waals surface area contributed by atoms with Gasteiger partial charge in [0.2, 0.25) is 0 Å². The minimum Gasteiger partial charge on any atom is -0.466 e. The number of rotatable bonds is 4. The SMILES string of the molecule is Cc1cc(C(=O)Nc2ccccc2-c2csc(-c3ccccc3F)n2)c(C)o1. The van der Waals surface area contributed by atoms with Crippen molar-refractivity contribution in [1.29, 1.82) is 0 Å². The summed E-state index contributed by atoms with van der Waals surface area (Å²) in [6, 6.07) is 15.7. The average molecular weight is 392 g/mol. The lowest BCUT2D eigenvalue weighted by atomic mass is 10.1. The molecule has 0 radical (unpaired) electrons. The van der Waals surface area contributed by atoms with Crippen molar-refractivity contribution in [2.75, 3.05) is 5.32 Å². The molecule has 0 unspecified atom stereocenters. The smallest absolute Gasteiger partial charge is 0.259 e. The number of thiazole rings is 1. The minimum absolute atomic E-state index is 0.244. The van der Waals surface area contributed by atoms with Gasteiger partial charge in [0.25, 0.3) is 5.91 Å². The molecule has 0 atom stereocenters. The molecule has 0 aliphatic rings. The van der Waals surface area contributed by atoms with Crippen molar-refractivity contribution < 1.29 is 13.6 Å². The zero-order valence-corrected chi connectivity index (χ0v) is 16.1. The molecule has 0 fully saturated rings. The molecular formula is C22H17FN2O2S. The molecule has 4 aromatic rings. The van der Waals surface area contributed by atoms with Crippen molar-refractivity contribution in [2.45, 2.75) is 13.8 Å². The molecule has 1 amide bonds. The first-order valence-electron chi connectivity index (χ1n) is 8.71. The van der Waals surface area contributed by atoms with Crippen molar-refractivity contribution in [1.82, 2.24) is 4.98 Å². The van der Waals surface area contributed by atoms with Crippen molar-refractivity contribution in [2.24, 2.45) is 0 Å². The number of halogens is 1. The van der Waals surface area contributed by atoms with Crippen LogP contribution in [0.2, 0.25) is 0 Å². The van der Waals surface area contributed by atoms with Crippen LogP contribution in [0.4, 0.5) is 10.1 Å². The number of hydrogen-bond donors (Lipinski definition) is 1. The predicted molar refractivity (Wildman–Crippen MR) is 109 cm³/mol. The maximum Gasteiger partial charge on any atom is 0.259 e. The number of hydrogen-bond acceptors (Lipinski definition) is 4. The summed E-state index contributed by atoms with van der Waals surface area (Å²) in [5, 5.41) is 5.39. The molecule has 0 saturated carbocycles. The van der Waals surface area contributed by atoms with Crippen LogP contribution in [0.3, 0.4) is 0 Å². The Hall–Kier alpha value is -3.25. The summed E-state index contributed by atoms with van der Waals surface area (Å²) in [4.78, 5) is 17.2. The number of benzene rings is 2. The Balaban J connectivity index is 1.66. The van der Waals surface area contributed by atoms with Gasteiger partial charge in [-0.05, 0) is 38.1 Å². The highest BCUT2D eigenvalue weighted by atomic mass is 32.1. The van der Waals surface area contributed by atoms with Gasteiger partial charge < -0.3 is 9.73 Å². The lowest BCUT2D eigenvalue weighted by Gasteiger charge is -2.09. The average Bonchev–Trinajstić information content (AvgIpc) is 3.29. The topological polar surface area (TPSA) is 55.1 Å². The molecule has 140 valence electrons. The molecule has 1 N–H and O–H groups in total. The van der Waals surface area contributed by atoms with E-state index in [1.54, 1.807) is 38.1 Å². The standard InChI is InChI=1S/C22H17FN2O2S/c1-13-11-17(14(2)27-13)21(26)24-19-10-6-4-8-16(19)20-12-28-22(25-20)15-7-3-5-9-18(15)23/h3-12H,1-2H3,(H,24,26). The zero-order valence-electron chi connectivity index (χ0n) is 15.3. The summed E-state index contributed by atoms with van der Waals surface area (Å²) in [6.45, 7) is 3.56. The van der Waals surface area contributed by atoms with Crippen molar-refractivity contribution in [3.05, 3.63) is 82.9 Å². The van der Waals surface area contributed by atoms with E-state index in [1.165, 1.54) is 17.4 Å². The number of para-hydroxylation sites is 1. The number of aryl methyl sites for hydroxylation is 2. The third kappa shape index (κ3) is 3.46. The van der Waals surface area contributed by atoms with Gasteiger partial charge in [0.05, 0.1) is 16.9 Å². The first kappa shape index (κ1) is 18.1. The van der Waals surface area contributed by atoms with Gasteiger partial charge in [-0.2, -0.15) is 0 Å². The third-order valence-electron chi connectivity index (χ3n) is 4.35. The summed E-state index contributed by atoms with van der Waals surface area (Å²) in [5.74, 6) is 0.704. The molecule has 0 bridgehead atoms. The van der Waals surface area contributed by atoms with E-state index >= 15 is 0 Å². The van der Waals surface area contributed by atoms with Crippen LogP contribution >= 0.6 is 11.3 Å². The number of nitrogens with zero attached hydrogens (tertiary/aromatic N) is 1. The van der Waals surface area contributed by atoms with Gasteiger partial charge in [0.15, 0.2) is 0 Å². The van der Waals surface area contributed by atoms with Crippen LogP contribution in [0.5, 0.6) is 0 Å². The zero-order chi connectivity index (χ0) is 19.7. The molecule has 2 aromatic carbocycles. The Labute approximate surface area is 165 Å². The highest BCUT2D eigenvalue weighted by molar-refractivity contribution is 7.13. The van der Waals surface area contributed by atoms with E-state index < -0.39 is 0 Å². The van der Waals surface area contributed by atoms with Crippen LogP contribution < -0.4 is 5.32 Å². The van der Waals surface area contributed by atoms with Crippen molar-refractivity contribution in [3.8, 4) is 21.8 Å². The second kappa shape index (κ2) is 7.40. The first-order chi connectivity index (χ1) is 13.5. The minimum atomic E-state index is -0.309. The Kier molecular flexibility index (Phi) is 4.79. The first-order valence-corrected chi connectivity index (χ1v) is 9.59. The Morgan fingerprint density at radius 1 is 1.07 bits per heavy atom. The van der Waals surface area contributed by atoms with Crippen LogP contribution in [0, 0.1) is 19.7 Å². The fourth-order valence-electron chi connectivity index (χ4n) is 3.02. The second-order valence-corrected chi connectivity index (χ2v) is 7.20. The third-order valence-corrected chi connectivity index (χ3v) is 5.22. The highest BCUT2D eigenvalue weighted by Crippen LogP contribution is 2.34. The molecule has 4 rings (SSSR count). The summed E-state index contributed by atoms with van der Waals surface area (Å²) in [5.41, 5.74) is 3.05. The maximum atomic E-state index is 14.1. The Morgan fingerprint density at radius 2 is 1.79 bits per heavy atom. The molecule has 6 heteroatoms. The molecule has 0 aliphatic heterocycles. The number of carbonyl (C=O) groups excluding carboxylic acids is 1. The van der Waals surface area contributed by atoms with Crippen LogP contribution in [-0.2, 0) is 0 Å². The number of carbonyl (C=O) groups is 1. The Bertz CT molecular complexity index is 1160. The normalized spacial score (nSPS) is 10.8. The van der Waals surface area contributed by atoms with Gasteiger partial charge in [0.1, 0.15) is 22.3 Å². The molecule has 0 aliphatic carbocycles. The lowest BCUT2D eigenvalue weighted by Crippen LogP contribution is -2.12. The highest BCUT2D eigenvalue weighted by Gasteiger charge is 2.17. The van der Waals surface area contributed by atoms with E-state index in [4.69, 9.17) is 4.42 Å². The largest absolute Gasteiger partial charge is 0.466 e. The molecule has 4 nitrogen and oxygen atoms in total. The van der Waals surface area contributed by atoms with Gasteiger partial charge in [0, 0.05) is 16.5 Å². The van der Waals surface area contributed by atoms with Gasteiger partial charge >= 0.3 is 0 Å². The van der Waals surface area contributed by atoms with E-state index in [9.17, 15) is 9.18 Å². The molecule has 2 heterocycles. The fraction of sp³-hybridized carbons (Fsp3) is 0.0909. The van der Waals surface area contributed by atoms with Crippen molar-refractivity contribution >= 4 is 22.9 Å². The number of anilines is 1. The van der Waals surface area contributed by atoms with Crippen LogP contribution in [0.25, 0.3) is 21.8 Å². The monoisotopic (exact) mass is 392 g/mol. The number of nitrogens with one attached hydrogen (secondary N) is 1. The summed E-state index contributed by atoms with van der Waals surface area (Å²) < 4.78 is 19.5. The van der Waals surface area contributed by atoms with Gasteiger partial charge in [-0.3, -0.25) is 4.79 Å². The number of furan rings is 1. The summed E-state index contributed by atoms with van der Waals surface area (Å²) in [6.07, 6.45) is 0. The van der Waals surface area contributed by atoms with E-state index in [1.807, 2.05) is 29.6 Å². The maximum absolute atomic E-state index is 14.1. The summed E-state index contributed by atoms with van der Waals surface area (Å²) in [7, 11) is 0. The quantitative estimate of drug-likeness (QED) is 0.458. The van der Waals surface area contributed by atoms with Crippen LogP contribution in [-0.4, -0.2) is 10.9 Å². The van der Waals surface area contributed by atoms with Gasteiger partial charge in [-0.25, -0.2) is 9.37 Å². The Morgan fingerprint density at radius 3 is 2.50 bits per heavy atom. The lowest BCUT2D eigenvalue weighted by molar-refractivity contribution is 0.102. The van der Waals surface area contributed by atoms with E-state index in [-0.39, 0.29) is 11.7 Å². The van der Waals surface area contributed by atoms with Crippen LogP contribution in [0.15, 0.2) is 64.4 Å². The van der Waals surface area contributed by atoms with E-state index in [2.05, 4.69) is 10.3 Å². The fourth-order valence-corrected chi connectivity index (χ4v) is 3.86. The molecule has 28 heavy (non-hydrogen) atoms. The molecule has 2 aromatic heterocycles. The van der Waals surface area contributed by atoms with Crippen LogP contribution in [0.1, 0.15) is 21.9 Å². The van der Waals surface area contributed by atoms with E-state index in [0.717, 1.165) is 5.56 Å². The van der Waals surface area contributed by atoms with E-state index in [0.29, 0.717) is 39.0 Å². The molecule has 0 spiro atoms. The second-order valence-electron chi connectivity index (χ2n) is 6.34. The number of amides is 1. The number of aromatic nitrogens is 1. The predicted octanol–water partition coefficient (Wildman–Crippen LogP) is 6.08. The summed E-state index contributed by atoms with van der Waals surface area (Å²) >= 11 is 1.36. The van der Waals surface area contributed by atoms with Gasteiger partial charge in [-0.1, -0.05) is 30.3 Å². The molecule has 0 saturated heterocycles. The molecular weight excluding hydrogens is 375 g/mol. The van der Waals surface area contributed by atoms with Crippen molar-refractivity contribution in [3.63, 3.8) is 0 Å².